The van der Waals surface area contributed by atoms with Crippen LogP contribution >= 0.6 is 0 Å². The van der Waals surface area contributed by atoms with Gasteiger partial charge in [-0.2, -0.15) is 0 Å². The molecule has 4 heteroatoms. The van der Waals surface area contributed by atoms with Crippen LogP contribution < -0.4 is 11.1 Å². The van der Waals surface area contributed by atoms with Crippen molar-refractivity contribution >= 4 is 11.9 Å². The van der Waals surface area contributed by atoms with Gasteiger partial charge >= 0.3 is 6.03 Å². The number of nitrogens with one attached hydrogen (secondary N) is 1. The first-order valence-electron chi connectivity index (χ1n) is 5.91. The van der Waals surface area contributed by atoms with Gasteiger partial charge in [-0.15, -0.1) is 0 Å². The van der Waals surface area contributed by atoms with Crippen LogP contribution in [0.3, 0.4) is 0 Å². The normalized spacial score (nSPS) is 26.2. The van der Waals surface area contributed by atoms with E-state index in [2.05, 4.69) is 26.1 Å². The number of carbonyl (C=O) groups is 2. The maximum Gasteiger partial charge on any atom is 0.318 e. The molecule has 0 heterocycles. The molecule has 16 heavy (non-hydrogen) atoms. The van der Waals surface area contributed by atoms with Crippen molar-refractivity contribution in [1.29, 1.82) is 0 Å². The SMILES string of the molecule is CC(C)(C)C1CCC(C(=O)NC(N)=O)CC1. The fourth-order valence-electron chi connectivity index (χ4n) is 2.45. The van der Waals surface area contributed by atoms with E-state index in [0.29, 0.717) is 11.3 Å². The van der Waals surface area contributed by atoms with Crippen LogP contribution in [0.5, 0.6) is 0 Å². The Kier molecular flexibility index (Phi) is 3.94. The molecule has 1 saturated carbocycles. The lowest BCUT2D eigenvalue weighted by Gasteiger charge is -2.36. The molecule has 0 aromatic rings. The van der Waals surface area contributed by atoms with Crippen LogP contribution in [0.1, 0.15) is 46.5 Å². The van der Waals surface area contributed by atoms with E-state index < -0.39 is 6.03 Å². The Hall–Kier alpha value is -1.06. The van der Waals surface area contributed by atoms with Crippen LogP contribution in [0.4, 0.5) is 4.79 Å². The van der Waals surface area contributed by atoms with E-state index in [-0.39, 0.29) is 11.8 Å². The van der Waals surface area contributed by atoms with E-state index in [1.54, 1.807) is 0 Å². The summed E-state index contributed by atoms with van der Waals surface area (Å²) in [7, 11) is 0. The third kappa shape index (κ3) is 3.51. The highest BCUT2D eigenvalue weighted by Crippen LogP contribution is 2.39. The number of hydrogen-bond donors (Lipinski definition) is 2. The molecule has 4 nitrogen and oxygen atoms in total. The molecule has 0 bridgehead atoms. The quantitative estimate of drug-likeness (QED) is 0.718. The number of hydrogen-bond acceptors (Lipinski definition) is 2. The standard InChI is InChI=1S/C12H22N2O2/c1-12(2,3)9-6-4-8(5-7-9)10(15)14-11(13)16/h8-9H,4-7H2,1-3H3,(H3,13,14,15,16). The highest BCUT2D eigenvalue weighted by molar-refractivity contribution is 5.94. The summed E-state index contributed by atoms with van der Waals surface area (Å²) in [5.74, 6) is 0.427. The van der Waals surface area contributed by atoms with Gasteiger partial charge in [0.1, 0.15) is 0 Å². The Labute approximate surface area is 97.0 Å². The number of primary amides is 1. The summed E-state index contributed by atoms with van der Waals surface area (Å²) in [5.41, 5.74) is 5.24. The number of imide groups is 1. The Morgan fingerprint density at radius 3 is 2.00 bits per heavy atom. The molecule has 0 saturated heterocycles. The molecule has 1 aliphatic carbocycles. The van der Waals surface area contributed by atoms with Gasteiger partial charge in [-0.3, -0.25) is 10.1 Å². The zero-order valence-electron chi connectivity index (χ0n) is 10.4. The van der Waals surface area contributed by atoms with Crippen molar-refractivity contribution in [2.24, 2.45) is 23.0 Å². The fourth-order valence-corrected chi connectivity index (χ4v) is 2.45. The van der Waals surface area contributed by atoms with E-state index in [0.717, 1.165) is 25.7 Å². The third-order valence-corrected chi connectivity index (χ3v) is 3.57. The van der Waals surface area contributed by atoms with E-state index >= 15 is 0 Å². The number of amides is 3. The van der Waals surface area contributed by atoms with Crippen molar-refractivity contribution in [2.45, 2.75) is 46.5 Å². The first-order valence-corrected chi connectivity index (χ1v) is 5.91. The largest absolute Gasteiger partial charge is 0.351 e. The molecule has 3 N–H and O–H groups in total. The summed E-state index contributed by atoms with van der Waals surface area (Å²) in [6.07, 6.45) is 3.84. The highest BCUT2D eigenvalue weighted by atomic mass is 16.2. The summed E-state index contributed by atoms with van der Waals surface area (Å²) in [4.78, 5) is 22.1. The van der Waals surface area contributed by atoms with Crippen LogP contribution in [-0.4, -0.2) is 11.9 Å². The summed E-state index contributed by atoms with van der Waals surface area (Å²) in [6.45, 7) is 6.71. The van der Waals surface area contributed by atoms with E-state index in [1.807, 2.05) is 0 Å². The summed E-state index contributed by atoms with van der Waals surface area (Å²) >= 11 is 0. The van der Waals surface area contributed by atoms with Crippen LogP contribution in [-0.2, 0) is 4.79 Å². The minimum Gasteiger partial charge on any atom is -0.351 e. The number of carbonyl (C=O) groups excluding carboxylic acids is 2. The van der Waals surface area contributed by atoms with Crippen molar-refractivity contribution in [3.05, 3.63) is 0 Å². The Morgan fingerprint density at radius 1 is 1.12 bits per heavy atom. The van der Waals surface area contributed by atoms with Crippen LogP contribution in [0.15, 0.2) is 0 Å². The first kappa shape index (κ1) is 13.0. The maximum absolute atomic E-state index is 11.6. The average Bonchev–Trinajstić information content (AvgIpc) is 2.15. The number of nitrogens with two attached hydrogens (primary N) is 1. The topological polar surface area (TPSA) is 72.2 Å². The predicted octanol–water partition coefficient (Wildman–Crippen LogP) is 2.03. The molecular weight excluding hydrogens is 204 g/mol. The lowest BCUT2D eigenvalue weighted by molar-refractivity contribution is -0.125. The lowest BCUT2D eigenvalue weighted by Crippen LogP contribution is -2.41. The Morgan fingerprint density at radius 2 is 1.62 bits per heavy atom. The van der Waals surface area contributed by atoms with Gasteiger partial charge in [0.25, 0.3) is 0 Å². The Balaban J connectivity index is 2.43. The minimum absolute atomic E-state index is 0.0360. The van der Waals surface area contributed by atoms with Crippen molar-refractivity contribution in [1.82, 2.24) is 5.32 Å². The Bertz CT molecular complexity index is 273. The van der Waals surface area contributed by atoms with Crippen LogP contribution in [0, 0.1) is 17.3 Å². The highest BCUT2D eigenvalue weighted by Gasteiger charge is 2.32. The third-order valence-electron chi connectivity index (χ3n) is 3.57. The van der Waals surface area contributed by atoms with Crippen molar-refractivity contribution in [2.75, 3.05) is 0 Å². The van der Waals surface area contributed by atoms with E-state index in [4.69, 9.17) is 5.73 Å². The van der Waals surface area contributed by atoms with Crippen LogP contribution in [0.25, 0.3) is 0 Å². The zero-order valence-corrected chi connectivity index (χ0v) is 10.4. The van der Waals surface area contributed by atoms with Gasteiger partial charge in [-0.25, -0.2) is 4.79 Å². The summed E-state index contributed by atoms with van der Waals surface area (Å²) in [5, 5.41) is 2.17. The van der Waals surface area contributed by atoms with Crippen molar-refractivity contribution in [3.63, 3.8) is 0 Å². The molecule has 0 aromatic carbocycles. The second-order valence-corrected chi connectivity index (χ2v) is 5.77. The second kappa shape index (κ2) is 4.85. The van der Waals surface area contributed by atoms with Gasteiger partial charge in [-0.05, 0) is 37.0 Å². The van der Waals surface area contributed by atoms with Gasteiger partial charge in [0.05, 0.1) is 0 Å². The molecule has 1 fully saturated rings. The first-order chi connectivity index (χ1) is 7.30. The van der Waals surface area contributed by atoms with Gasteiger partial charge in [0.2, 0.25) is 5.91 Å². The van der Waals surface area contributed by atoms with E-state index in [9.17, 15) is 9.59 Å². The van der Waals surface area contributed by atoms with Crippen molar-refractivity contribution in [3.8, 4) is 0 Å². The van der Waals surface area contributed by atoms with Gasteiger partial charge in [0, 0.05) is 5.92 Å². The van der Waals surface area contributed by atoms with Gasteiger partial charge in [0.15, 0.2) is 0 Å². The molecule has 0 radical (unpaired) electrons. The zero-order chi connectivity index (χ0) is 12.3. The molecule has 0 atom stereocenters. The molecule has 0 aromatic heterocycles. The van der Waals surface area contributed by atoms with Gasteiger partial charge < -0.3 is 5.73 Å². The summed E-state index contributed by atoms with van der Waals surface area (Å²) < 4.78 is 0. The molecule has 1 rings (SSSR count). The fraction of sp³-hybridized carbons (Fsp3) is 0.833. The number of urea groups is 1. The smallest absolute Gasteiger partial charge is 0.318 e. The second-order valence-electron chi connectivity index (χ2n) is 5.77. The lowest BCUT2D eigenvalue weighted by atomic mass is 9.70. The molecule has 92 valence electrons. The maximum atomic E-state index is 11.6. The predicted molar refractivity (Wildman–Crippen MR) is 62.6 cm³/mol. The molecule has 0 unspecified atom stereocenters. The molecule has 1 aliphatic rings. The van der Waals surface area contributed by atoms with Gasteiger partial charge in [-0.1, -0.05) is 20.8 Å². The molecule has 0 aliphatic heterocycles. The molecular formula is C12H22N2O2. The molecule has 0 spiro atoms. The monoisotopic (exact) mass is 226 g/mol. The average molecular weight is 226 g/mol. The number of rotatable bonds is 1. The molecule has 3 amide bonds. The summed E-state index contributed by atoms with van der Waals surface area (Å²) in [6, 6.07) is -0.747. The minimum atomic E-state index is -0.747. The van der Waals surface area contributed by atoms with E-state index in [1.165, 1.54) is 0 Å². The van der Waals surface area contributed by atoms with Crippen LogP contribution in [0.2, 0.25) is 0 Å². The van der Waals surface area contributed by atoms with Crippen molar-refractivity contribution < 1.29 is 9.59 Å².